The number of rotatable bonds is 8. The number of hydrogen-bond acceptors (Lipinski definition) is 3. The number of carbonyl (C=O) groups excluding carboxylic acids is 1. The molecule has 1 saturated heterocycles. The Balaban J connectivity index is 1.86. The number of hydrogen-bond donors (Lipinski definition) is 2. The fourth-order valence-corrected chi connectivity index (χ4v) is 1.61. The first-order valence-corrected chi connectivity index (χ1v) is 6.56. The summed E-state index contributed by atoms with van der Waals surface area (Å²) in [4.78, 5) is 11.4. The van der Waals surface area contributed by atoms with E-state index in [1.807, 2.05) is 0 Å². The predicted molar refractivity (Wildman–Crippen MR) is 65.9 cm³/mol. The van der Waals surface area contributed by atoms with Gasteiger partial charge in [0, 0.05) is 26.4 Å². The van der Waals surface area contributed by atoms with Crippen LogP contribution in [-0.4, -0.2) is 38.6 Å². The molecular formula is C12H24N2O3. The van der Waals surface area contributed by atoms with Crippen molar-refractivity contribution >= 4 is 6.03 Å². The topological polar surface area (TPSA) is 59.6 Å². The van der Waals surface area contributed by atoms with Crippen molar-refractivity contribution in [3.63, 3.8) is 0 Å². The fourth-order valence-electron chi connectivity index (χ4n) is 1.61. The smallest absolute Gasteiger partial charge is 0.316 e. The Morgan fingerprint density at radius 3 is 2.94 bits per heavy atom. The number of carbonyl (C=O) groups is 1. The van der Waals surface area contributed by atoms with Crippen LogP contribution in [-0.2, 0) is 9.47 Å². The van der Waals surface area contributed by atoms with Crippen LogP contribution in [0.1, 0.15) is 39.0 Å². The zero-order chi connectivity index (χ0) is 12.3. The van der Waals surface area contributed by atoms with Crippen LogP contribution >= 0.6 is 0 Å². The molecule has 100 valence electrons. The molecule has 1 unspecified atom stereocenters. The quantitative estimate of drug-likeness (QED) is 0.638. The maximum absolute atomic E-state index is 11.4. The van der Waals surface area contributed by atoms with Gasteiger partial charge in [0.05, 0.1) is 0 Å². The molecule has 5 nitrogen and oxygen atoms in total. The molecule has 1 heterocycles. The van der Waals surface area contributed by atoms with Crippen LogP contribution in [0.15, 0.2) is 0 Å². The first kappa shape index (κ1) is 14.3. The molecule has 0 aromatic heterocycles. The lowest BCUT2D eigenvalue weighted by molar-refractivity contribution is 0.0904. The molecule has 5 heteroatoms. The summed E-state index contributed by atoms with van der Waals surface area (Å²) in [7, 11) is 0. The van der Waals surface area contributed by atoms with Gasteiger partial charge in [-0.15, -0.1) is 0 Å². The molecule has 0 aromatic carbocycles. The summed E-state index contributed by atoms with van der Waals surface area (Å²) in [6.45, 7) is 5.06. The molecule has 1 fully saturated rings. The highest BCUT2D eigenvalue weighted by Gasteiger charge is 2.16. The number of unbranched alkanes of at least 4 members (excludes halogenated alkanes) is 1. The molecule has 0 spiro atoms. The van der Waals surface area contributed by atoms with Gasteiger partial charge in [0.1, 0.15) is 6.23 Å². The van der Waals surface area contributed by atoms with Gasteiger partial charge in [-0.1, -0.05) is 13.3 Å². The molecule has 0 aromatic rings. The normalized spacial score (nSPS) is 19.2. The largest absolute Gasteiger partial charge is 0.381 e. The Morgan fingerprint density at radius 2 is 2.24 bits per heavy atom. The molecule has 0 saturated carbocycles. The average molecular weight is 244 g/mol. The summed E-state index contributed by atoms with van der Waals surface area (Å²) in [5.74, 6) is 0. The molecule has 1 atom stereocenters. The number of ether oxygens (including phenoxy) is 2. The Kier molecular flexibility index (Phi) is 7.75. The minimum absolute atomic E-state index is 0.101. The van der Waals surface area contributed by atoms with Gasteiger partial charge in [0.15, 0.2) is 0 Å². The second kappa shape index (κ2) is 9.24. The van der Waals surface area contributed by atoms with Crippen LogP contribution in [0.3, 0.4) is 0 Å². The van der Waals surface area contributed by atoms with Crippen molar-refractivity contribution in [1.29, 1.82) is 0 Å². The van der Waals surface area contributed by atoms with Gasteiger partial charge in [-0.2, -0.15) is 0 Å². The van der Waals surface area contributed by atoms with E-state index in [2.05, 4.69) is 17.6 Å². The summed E-state index contributed by atoms with van der Waals surface area (Å²) < 4.78 is 10.7. The van der Waals surface area contributed by atoms with Gasteiger partial charge < -0.3 is 20.1 Å². The van der Waals surface area contributed by atoms with E-state index in [9.17, 15) is 4.79 Å². The molecular weight excluding hydrogens is 220 g/mol. The molecule has 0 radical (unpaired) electrons. The molecule has 0 bridgehead atoms. The van der Waals surface area contributed by atoms with Crippen LogP contribution in [0.4, 0.5) is 4.79 Å². The van der Waals surface area contributed by atoms with E-state index in [0.717, 1.165) is 45.3 Å². The van der Waals surface area contributed by atoms with Crippen molar-refractivity contribution in [2.45, 2.75) is 45.3 Å². The number of urea groups is 1. The second-order valence-corrected chi connectivity index (χ2v) is 4.22. The Labute approximate surface area is 103 Å². The first-order chi connectivity index (χ1) is 8.33. The van der Waals surface area contributed by atoms with Crippen molar-refractivity contribution in [3.8, 4) is 0 Å². The number of amides is 2. The van der Waals surface area contributed by atoms with Gasteiger partial charge in [-0.3, -0.25) is 0 Å². The average Bonchev–Trinajstić information content (AvgIpc) is 2.80. The van der Waals surface area contributed by atoms with E-state index in [-0.39, 0.29) is 12.3 Å². The van der Waals surface area contributed by atoms with E-state index in [1.165, 1.54) is 0 Å². The minimum Gasteiger partial charge on any atom is -0.381 e. The Bertz CT molecular complexity index is 206. The maximum atomic E-state index is 11.4. The van der Waals surface area contributed by atoms with Gasteiger partial charge >= 0.3 is 6.03 Å². The van der Waals surface area contributed by atoms with Crippen LogP contribution in [0.2, 0.25) is 0 Å². The first-order valence-electron chi connectivity index (χ1n) is 6.56. The lowest BCUT2D eigenvalue weighted by Crippen LogP contribution is -2.42. The third kappa shape index (κ3) is 7.18. The second-order valence-electron chi connectivity index (χ2n) is 4.22. The zero-order valence-electron chi connectivity index (χ0n) is 10.7. The van der Waals surface area contributed by atoms with Crippen LogP contribution < -0.4 is 10.6 Å². The van der Waals surface area contributed by atoms with E-state index < -0.39 is 0 Å². The van der Waals surface area contributed by atoms with Gasteiger partial charge in [0.25, 0.3) is 0 Å². The fraction of sp³-hybridized carbons (Fsp3) is 0.917. The lowest BCUT2D eigenvalue weighted by atomic mass is 10.3. The summed E-state index contributed by atoms with van der Waals surface area (Å²) in [5, 5.41) is 5.57. The third-order valence-corrected chi connectivity index (χ3v) is 2.62. The monoisotopic (exact) mass is 244 g/mol. The molecule has 2 N–H and O–H groups in total. The lowest BCUT2D eigenvalue weighted by Gasteiger charge is -2.12. The van der Waals surface area contributed by atoms with Crippen LogP contribution in [0, 0.1) is 0 Å². The van der Waals surface area contributed by atoms with Crippen LogP contribution in [0.25, 0.3) is 0 Å². The van der Waals surface area contributed by atoms with Gasteiger partial charge in [-0.25, -0.2) is 4.79 Å². The van der Waals surface area contributed by atoms with Crippen LogP contribution in [0.5, 0.6) is 0 Å². The molecule has 1 rings (SSSR count). The van der Waals surface area contributed by atoms with E-state index in [1.54, 1.807) is 0 Å². The van der Waals surface area contributed by atoms with E-state index in [0.29, 0.717) is 13.2 Å². The Hall–Kier alpha value is -0.810. The van der Waals surface area contributed by atoms with Crippen molar-refractivity contribution in [1.82, 2.24) is 10.6 Å². The highest BCUT2D eigenvalue weighted by molar-refractivity contribution is 5.73. The Morgan fingerprint density at radius 1 is 1.41 bits per heavy atom. The maximum Gasteiger partial charge on any atom is 0.316 e. The number of nitrogens with one attached hydrogen (secondary N) is 2. The van der Waals surface area contributed by atoms with Gasteiger partial charge in [-0.05, 0) is 25.7 Å². The predicted octanol–water partition coefficient (Wildman–Crippen LogP) is 1.63. The van der Waals surface area contributed by atoms with E-state index >= 15 is 0 Å². The van der Waals surface area contributed by atoms with Crippen molar-refractivity contribution in [2.75, 3.05) is 26.4 Å². The molecule has 0 aliphatic carbocycles. The summed E-state index contributed by atoms with van der Waals surface area (Å²) in [6, 6.07) is -0.148. The van der Waals surface area contributed by atoms with E-state index in [4.69, 9.17) is 9.47 Å². The minimum atomic E-state index is -0.148. The standard InChI is InChI=1S/C12H24N2O3/c1-2-3-8-16-9-5-7-13-12(15)14-11-6-4-10-17-11/h11H,2-10H2,1H3,(H2,13,14,15). The summed E-state index contributed by atoms with van der Waals surface area (Å²) in [6.07, 6.45) is 4.94. The SMILES string of the molecule is CCCCOCCCNC(=O)NC1CCCO1. The summed E-state index contributed by atoms with van der Waals surface area (Å²) >= 11 is 0. The molecule has 1 aliphatic rings. The summed E-state index contributed by atoms with van der Waals surface area (Å²) in [5.41, 5.74) is 0. The van der Waals surface area contributed by atoms with Crippen molar-refractivity contribution < 1.29 is 14.3 Å². The molecule has 1 aliphatic heterocycles. The highest BCUT2D eigenvalue weighted by atomic mass is 16.5. The zero-order valence-corrected chi connectivity index (χ0v) is 10.7. The third-order valence-electron chi connectivity index (χ3n) is 2.62. The van der Waals surface area contributed by atoms with Crippen molar-refractivity contribution in [3.05, 3.63) is 0 Å². The molecule has 17 heavy (non-hydrogen) atoms. The highest BCUT2D eigenvalue weighted by Crippen LogP contribution is 2.08. The molecule has 2 amide bonds. The van der Waals surface area contributed by atoms with Gasteiger partial charge in [0.2, 0.25) is 0 Å². The van der Waals surface area contributed by atoms with Crippen molar-refractivity contribution in [2.24, 2.45) is 0 Å².